The lowest BCUT2D eigenvalue weighted by atomic mass is 10.0. The van der Waals surface area contributed by atoms with E-state index in [-0.39, 0.29) is 0 Å². The first-order chi connectivity index (χ1) is 4.74. The molecule has 0 spiro atoms. The van der Waals surface area contributed by atoms with E-state index in [9.17, 15) is 0 Å². The summed E-state index contributed by atoms with van der Waals surface area (Å²) in [6.45, 7) is 5.89. The molecule has 0 saturated carbocycles. The molecule has 0 aromatic carbocycles. The second-order valence-electron chi connectivity index (χ2n) is 2.36. The van der Waals surface area contributed by atoms with Crippen molar-refractivity contribution in [3.63, 3.8) is 0 Å². The van der Waals surface area contributed by atoms with E-state index in [0.29, 0.717) is 0 Å². The van der Waals surface area contributed by atoms with E-state index in [4.69, 9.17) is 0 Å². The average Bonchev–Trinajstić information content (AvgIpc) is 1.94. The van der Waals surface area contributed by atoms with Crippen LogP contribution in [0.15, 0.2) is 40.9 Å². The van der Waals surface area contributed by atoms with Gasteiger partial charge in [-0.1, -0.05) is 18.7 Å². The molecule has 0 aromatic rings. The molecule has 0 aliphatic heterocycles. The van der Waals surface area contributed by atoms with Crippen molar-refractivity contribution in [2.45, 2.75) is 6.92 Å². The molecule has 1 aliphatic rings. The van der Waals surface area contributed by atoms with Gasteiger partial charge >= 0.3 is 0 Å². The van der Waals surface area contributed by atoms with Crippen molar-refractivity contribution in [1.82, 2.24) is 0 Å². The highest BCUT2D eigenvalue weighted by molar-refractivity contribution is 6.11. The largest absolute Gasteiger partial charge is 0.288 e. The number of rotatable bonds is 0. The molecule has 10 heavy (non-hydrogen) atoms. The smallest absolute Gasteiger partial charge is 0.0639 e. The molecule has 0 atom stereocenters. The van der Waals surface area contributed by atoms with E-state index in [1.807, 2.05) is 25.2 Å². The summed E-state index contributed by atoms with van der Waals surface area (Å²) in [5.41, 5.74) is 3.21. The molecule has 0 saturated heterocycles. The Labute approximate surface area is 61.5 Å². The maximum atomic E-state index is 4.07. The Morgan fingerprint density at radius 2 is 2.10 bits per heavy atom. The topological polar surface area (TPSA) is 12.4 Å². The zero-order chi connectivity index (χ0) is 7.56. The first-order valence-corrected chi connectivity index (χ1v) is 3.26. The number of allylic oxidation sites excluding steroid dienone is 5. The fourth-order valence-corrected chi connectivity index (χ4v) is 0.882. The van der Waals surface area contributed by atoms with Gasteiger partial charge in [0.05, 0.1) is 5.71 Å². The Hall–Kier alpha value is -1.11. The SMILES string of the molecule is C=C1C=CC(C)=CC1=NC. The molecule has 0 radical (unpaired) electrons. The highest BCUT2D eigenvalue weighted by atomic mass is 14.7. The van der Waals surface area contributed by atoms with Crippen LogP contribution < -0.4 is 0 Å². The summed E-state index contributed by atoms with van der Waals surface area (Å²) < 4.78 is 0. The van der Waals surface area contributed by atoms with E-state index >= 15 is 0 Å². The highest BCUT2D eigenvalue weighted by Crippen LogP contribution is 2.10. The van der Waals surface area contributed by atoms with Gasteiger partial charge in [-0.15, -0.1) is 0 Å². The Balaban J connectivity index is 2.99. The van der Waals surface area contributed by atoms with Gasteiger partial charge in [0.2, 0.25) is 0 Å². The van der Waals surface area contributed by atoms with Gasteiger partial charge in [0, 0.05) is 7.05 Å². The Morgan fingerprint density at radius 3 is 2.60 bits per heavy atom. The van der Waals surface area contributed by atoms with Gasteiger partial charge in [-0.3, -0.25) is 4.99 Å². The lowest BCUT2D eigenvalue weighted by molar-refractivity contribution is 1.41. The molecular weight excluding hydrogens is 122 g/mol. The maximum Gasteiger partial charge on any atom is 0.0639 e. The van der Waals surface area contributed by atoms with Crippen LogP contribution in [0.1, 0.15) is 6.92 Å². The van der Waals surface area contributed by atoms with Crippen molar-refractivity contribution < 1.29 is 0 Å². The van der Waals surface area contributed by atoms with Gasteiger partial charge in [-0.25, -0.2) is 0 Å². The summed E-state index contributed by atoms with van der Waals surface area (Å²) >= 11 is 0. The normalized spacial score (nSPS) is 21.6. The van der Waals surface area contributed by atoms with Crippen LogP contribution in [-0.2, 0) is 0 Å². The molecule has 0 heterocycles. The van der Waals surface area contributed by atoms with Gasteiger partial charge in [-0.2, -0.15) is 0 Å². The minimum Gasteiger partial charge on any atom is -0.288 e. The lowest BCUT2D eigenvalue weighted by Crippen LogP contribution is -1.99. The fraction of sp³-hybridized carbons (Fsp3) is 0.222. The Kier molecular flexibility index (Phi) is 1.86. The number of aliphatic imine (C=N–C) groups is 1. The van der Waals surface area contributed by atoms with Crippen LogP contribution in [0.25, 0.3) is 0 Å². The highest BCUT2D eigenvalue weighted by Gasteiger charge is 2.01. The van der Waals surface area contributed by atoms with E-state index in [0.717, 1.165) is 11.3 Å². The molecule has 0 bridgehead atoms. The monoisotopic (exact) mass is 133 g/mol. The van der Waals surface area contributed by atoms with Gasteiger partial charge < -0.3 is 0 Å². The summed E-state index contributed by atoms with van der Waals surface area (Å²) in [6.07, 6.45) is 6.05. The van der Waals surface area contributed by atoms with Crippen LogP contribution in [0.4, 0.5) is 0 Å². The fourth-order valence-electron chi connectivity index (χ4n) is 0.882. The molecule has 0 aromatic heterocycles. The molecule has 1 nitrogen and oxygen atoms in total. The second kappa shape index (κ2) is 2.65. The van der Waals surface area contributed by atoms with E-state index in [1.54, 1.807) is 7.05 Å². The third-order valence-electron chi connectivity index (χ3n) is 1.48. The number of hydrogen-bond donors (Lipinski definition) is 0. The predicted octanol–water partition coefficient (Wildman–Crippen LogP) is 2.13. The molecule has 0 N–H and O–H groups in total. The zero-order valence-electron chi connectivity index (χ0n) is 6.39. The van der Waals surface area contributed by atoms with Gasteiger partial charge in [-0.05, 0) is 24.1 Å². The minimum absolute atomic E-state index is 0.986. The average molecular weight is 133 g/mol. The van der Waals surface area contributed by atoms with Crippen LogP contribution in [0, 0.1) is 0 Å². The van der Waals surface area contributed by atoms with Gasteiger partial charge in [0.25, 0.3) is 0 Å². The minimum atomic E-state index is 0.986. The van der Waals surface area contributed by atoms with Crippen molar-refractivity contribution in [2.75, 3.05) is 7.05 Å². The molecule has 0 fully saturated rings. The number of hydrogen-bond acceptors (Lipinski definition) is 1. The summed E-state index contributed by atoms with van der Waals surface area (Å²) in [4.78, 5) is 4.07. The van der Waals surface area contributed by atoms with Crippen molar-refractivity contribution in [3.8, 4) is 0 Å². The first-order valence-electron chi connectivity index (χ1n) is 3.26. The predicted molar refractivity (Wildman–Crippen MR) is 45.4 cm³/mol. The van der Waals surface area contributed by atoms with Crippen LogP contribution in [0.2, 0.25) is 0 Å². The molecule has 0 amide bonds. The summed E-state index contributed by atoms with van der Waals surface area (Å²) in [6, 6.07) is 0. The summed E-state index contributed by atoms with van der Waals surface area (Å²) in [7, 11) is 1.78. The first kappa shape index (κ1) is 7.00. The van der Waals surface area contributed by atoms with E-state index in [1.165, 1.54) is 5.57 Å². The third-order valence-corrected chi connectivity index (χ3v) is 1.48. The van der Waals surface area contributed by atoms with Crippen molar-refractivity contribution in [3.05, 3.63) is 36.0 Å². The molecule has 52 valence electrons. The van der Waals surface area contributed by atoms with Crippen LogP contribution in [-0.4, -0.2) is 12.8 Å². The van der Waals surface area contributed by atoms with Crippen molar-refractivity contribution in [2.24, 2.45) is 4.99 Å². The standard InChI is InChI=1S/C9H11N/c1-7-4-5-8(2)9(6-7)10-3/h4-6H,2H2,1,3H3. The summed E-state index contributed by atoms with van der Waals surface area (Å²) in [5, 5.41) is 0. The third kappa shape index (κ3) is 1.24. The number of nitrogens with zero attached hydrogens (tertiary/aromatic N) is 1. The van der Waals surface area contributed by atoms with Gasteiger partial charge in [0.15, 0.2) is 0 Å². The van der Waals surface area contributed by atoms with Crippen LogP contribution in [0.5, 0.6) is 0 Å². The van der Waals surface area contributed by atoms with Crippen LogP contribution >= 0.6 is 0 Å². The molecular formula is C9H11N. The Morgan fingerprint density at radius 1 is 1.40 bits per heavy atom. The van der Waals surface area contributed by atoms with Crippen molar-refractivity contribution >= 4 is 5.71 Å². The molecule has 0 unspecified atom stereocenters. The van der Waals surface area contributed by atoms with Crippen molar-refractivity contribution in [1.29, 1.82) is 0 Å². The quantitative estimate of drug-likeness (QED) is 0.480. The zero-order valence-corrected chi connectivity index (χ0v) is 6.39. The van der Waals surface area contributed by atoms with Gasteiger partial charge in [0.1, 0.15) is 0 Å². The molecule has 1 rings (SSSR count). The molecule has 1 heteroatoms. The molecule has 1 aliphatic carbocycles. The summed E-state index contributed by atoms with van der Waals surface area (Å²) in [5.74, 6) is 0. The van der Waals surface area contributed by atoms with E-state index in [2.05, 4.69) is 11.6 Å². The maximum absolute atomic E-state index is 4.07. The lowest BCUT2D eigenvalue weighted by Gasteiger charge is -2.05. The Bertz CT molecular complexity index is 241. The van der Waals surface area contributed by atoms with Crippen LogP contribution in [0.3, 0.4) is 0 Å². The van der Waals surface area contributed by atoms with E-state index < -0.39 is 0 Å². The second-order valence-corrected chi connectivity index (χ2v) is 2.36.